The van der Waals surface area contributed by atoms with E-state index in [1.165, 1.54) is 6.92 Å². The van der Waals surface area contributed by atoms with Gasteiger partial charge in [0.05, 0.1) is 37.4 Å². The molecule has 3 aliphatic rings. The molecule has 2 heterocycles. The van der Waals surface area contributed by atoms with Gasteiger partial charge >= 0.3 is 0 Å². The Bertz CT molecular complexity index is 794. The number of hydrogen-bond acceptors (Lipinski definition) is 11. The highest BCUT2D eigenvalue weighted by atomic mass is 16.7. The third-order valence-corrected chi connectivity index (χ3v) is 7.01. The first-order valence-electron chi connectivity index (χ1n) is 11.7. The van der Waals surface area contributed by atoms with Gasteiger partial charge in [-0.3, -0.25) is 4.79 Å². The Morgan fingerprint density at radius 3 is 2.69 bits per heavy atom. The monoisotopic (exact) mass is 501 g/mol. The predicted octanol–water partition coefficient (Wildman–Crippen LogP) is -4.48. The van der Waals surface area contributed by atoms with Crippen molar-refractivity contribution >= 4 is 12.4 Å². The summed E-state index contributed by atoms with van der Waals surface area (Å²) in [6, 6.07) is -2.60. The number of likely N-dealkylation sites (N-methyl/N-ethyl adjacent to an activating group) is 1. The van der Waals surface area contributed by atoms with Gasteiger partial charge in [0.2, 0.25) is 6.41 Å². The van der Waals surface area contributed by atoms with Gasteiger partial charge in [-0.15, -0.1) is 0 Å². The number of ether oxygens (including phenoxy) is 3. The molecule has 0 bridgehead atoms. The second kappa shape index (κ2) is 11.3. The van der Waals surface area contributed by atoms with Crippen molar-refractivity contribution in [3.05, 3.63) is 11.8 Å². The van der Waals surface area contributed by atoms with E-state index in [0.29, 0.717) is 18.6 Å². The van der Waals surface area contributed by atoms with Crippen molar-refractivity contribution in [3.8, 4) is 0 Å². The van der Waals surface area contributed by atoms with Crippen molar-refractivity contribution in [2.45, 2.75) is 80.2 Å². The molecule has 0 aromatic carbocycles. The lowest BCUT2D eigenvalue weighted by Crippen LogP contribution is -2.68. The van der Waals surface area contributed by atoms with Crippen LogP contribution in [0.3, 0.4) is 0 Å². The van der Waals surface area contributed by atoms with E-state index in [1.807, 2.05) is 0 Å². The fraction of sp³-hybridized carbons (Fsp3) is 0.810. The Kier molecular flexibility index (Phi) is 8.93. The molecule has 0 radical (unpaired) electrons. The number of carbonyl (C=O) groups is 1. The number of aliphatic hydroxyl groups is 3. The van der Waals surface area contributed by atoms with Crippen molar-refractivity contribution in [2.75, 3.05) is 20.2 Å². The number of aliphatic imine (C=N–C) groups is 1. The minimum atomic E-state index is -1.35. The maximum Gasteiger partial charge on any atom is 0.207 e. The van der Waals surface area contributed by atoms with Crippen LogP contribution in [0.4, 0.5) is 0 Å². The lowest BCUT2D eigenvalue weighted by atomic mass is 9.72. The van der Waals surface area contributed by atoms with Gasteiger partial charge in [0.25, 0.3) is 0 Å². The van der Waals surface area contributed by atoms with Crippen molar-refractivity contribution in [3.63, 3.8) is 0 Å². The molecule has 0 aromatic rings. The Morgan fingerprint density at radius 1 is 1.37 bits per heavy atom. The van der Waals surface area contributed by atoms with Crippen LogP contribution in [0, 0.1) is 5.92 Å². The van der Waals surface area contributed by atoms with E-state index < -0.39 is 66.4 Å². The van der Waals surface area contributed by atoms with Gasteiger partial charge in [-0.2, -0.15) is 0 Å². The van der Waals surface area contributed by atoms with Crippen molar-refractivity contribution in [1.82, 2.24) is 10.6 Å². The lowest BCUT2D eigenvalue weighted by molar-refractivity contribution is -0.297. The van der Waals surface area contributed by atoms with E-state index in [0.717, 1.165) is 0 Å². The van der Waals surface area contributed by atoms with Gasteiger partial charge < -0.3 is 63.1 Å². The molecular formula is C21H39N7O7. The molecule has 11 atom stereocenters. The molecule has 200 valence electrons. The number of guanidine groups is 1. The number of hydrogen-bond donors (Lipinski definition) is 9. The largest absolute Gasteiger partial charge is 0.491 e. The SMILES string of the molecule is CNC1C(O)C(OC2C(NC=O)CC(N)C(C3OC(CN)=CCC3N=C(N)N)C2O)OCC1(C)O. The third kappa shape index (κ3) is 5.86. The summed E-state index contributed by atoms with van der Waals surface area (Å²) in [5.74, 6) is -0.326. The molecule has 13 N–H and O–H groups in total. The number of nitrogens with one attached hydrogen (secondary N) is 2. The zero-order valence-corrected chi connectivity index (χ0v) is 20.0. The lowest BCUT2D eigenvalue weighted by Gasteiger charge is -2.50. The molecule has 1 aliphatic carbocycles. The number of nitrogens with two attached hydrogens (primary N) is 4. The van der Waals surface area contributed by atoms with E-state index in [1.54, 1.807) is 13.1 Å². The van der Waals surface area contributed by atoms with Crippen LogP contribution in [-0.4, -0.2) is 108 Å². The zero-order valence-electron chi connectivity index (χ0n) is 20.0. The first-order chi connectivity index (χ1) is 16.5. The number of nitrogens with zero attached hydrogens (tertiary/aromatic N) is 1. The second-order valence-electron chi connectivity index (χ2n) is 9.57. The van der Waals surface area contributed by atoms with Gasteiger partial charge in [-0.1, -0.05) is 0 Å². The van der Waals surface area contributed by atoms with Crippen LogP contribution in [0.1, 0.15) is 19.8 Å². The molecule has 1 amide bonds. The molecule has 35 heavy (non-hydrogen) atoms. The molecule has 1 saturated heterocycles. The van der Waals surface area contributed by atoms with Gasteiger partial charge in [0.15, 0.2) is 12.2 Å². The fourth-order valence-corrected chi connectivity index (χ4v) is 5.35. The number of amides is 1. The quantitative estimate of drug-likeness (QED) is 0.0868. The molecule has 11 unspecified atom stereocenters. The molecule has 14 heteroatoms. The average Bonchev–Trinajstić information content (AvgIpc) is 2.78. The first-order valence-corrected chi connectivity index (χ1v) is 11.7. The smallest absolute Gasteiger partial charge is 0.207 e. The Labute approximate surface area is 204 Å². The average molecular weight is 502 g/mol. The summed E-state index contributed by atoms with van der Waals surface area (Å²) in [6.07, 6.45) is -2.54. The van der Waals surface area contributed by atoms with E-state index in [4.69, 9.17) is 37.1 Å². The van der Waals surface area contributed by atoms with Gasteiger partial charge in [-0.05, 0) is 32.9 Å². The van der Waals surface area contributed by atoms with Gasteiger partial charge in [-0.25, -0.2) is 4.99 Å². The van der Waals surface area contributed by atoms with Crippen LogP contribution < -0.4 is 33.6 Å². The maximum atomic E-state index is 11.5. The Morgan fingerprint density at radius 2 is 2.09 bits per heavy atom. The first kappa shape index (κ1) is 27.5. The summed E-state index contributed by atoms with van der Waals surface area (Å²) in [6.45, 7) is 1.55. The van der Waals surface area contributed by atoms with Crippen LogP contribution >= 0.6 is 0 Å². The molecule has 0 spiro atoms. The van der Waals surface area contributed by atoms with Crippen molar-refractivity contribution in [2.24, 2.45) is 33.8 Å². The highest BCUT2D eigenvalue weighted by Crippen LogP contribution is 2.37. The fourth-order valence-electron chi connectivity index (χ4n) is 5.35. The topological polar surface area (TPSA) is 246 Å². The minimum absolute atomic E-state index is 0.124. The van der Waals surface area contributed by atoms with E-state index in [9.17, 15) is 20.1 Å². The van der Waals surface area contributed by atoms with Gasteiger partial charge in [0.1, 0.15) is 29.7 Å². The molecule has 2 aliphatic heterocycles. The molecule has 2 fully saturated rings. The zero-order chi connectivity index (χ0) is 25.9. The predicted molar refractivity (Wildman–Crippen MR) is 125 cm³/mol. The molecular weight excluding hydrogens is 462 g/mol. The summed E-state index contributed by atoms with van der Waals surface area (Å²) < 4.78 is 17.7. The molecule has 14 nitrogen and oxygen atoms in total. The van der Waals surface area contributed by atoms with Crippen LogP contribution in [0.15, 0.2) is 16.8 Å². The summed E-state index contributed by atoms with van der Waals surface area (Å²) in [5, 5.41) is 38.3. The third-order valence-electron chi connectivity index (χ3n) is 7.01. The van der Waals surface area contributed by atoms with Crippen molar-refractivity contribution < 1.29 is 34.3 Å². The van der Waals surface area contributed by atoms with Gasteiger partial charge in [0, 0.05) is 12.0 Å². The summed E-state index contributed by atoms with van der Waals surface area (Å²) in [4.78, 5) is 15.6. The maximum absolute atomic E-state index is 11.5. The summed E-state index contributed by atoms with van der Waals surface area (Å²) >= 11 is 0. The second-order valence-corrected chi connectivity index (χ2v) is 9.57. The Balaban J connectivity index is 1.88. The normalized spacial score (nSPS) is 44.0. The molecule has 1 saturated carbocycles. The van der Waals surface area contributed by atoms with Crippen molar-refractivity contribution in [1.29, 1.82) is 0 Å². The molecule has 0 aromatic heterocycles. The standard InChI is InChI=1S/C21H39N7O7/c1-21(32)7-33-19(15(31)18(21)26-2)35-17-12(27-8-29)5-10(23)13(14(17)30)16-11(28-20(24)25)4-3-9(6-22)34-16/h3,8,10-19,26,30-32H,4-7,22-23H2,1-2H3,(H,27,29)(H4,24,25,28). The number of aliphatic hydroxyl groups excluding tert-OH is 2. The summed E-state index contributed by atoms with van der Waals surface area (Å²) in [7, 11) is 1.60. The van der Waals surface area contributed by atoms with Crippen LogP contribution in [0.2, 0.25) is 0 Å². The van der Waals surface area contributed by atoms with E-state index in [-0.39, 0.29) is 25.5 Å². The van der Waals surface area contributed by atoms with E-state index in [2.05, 4.69) is 15.6 Å². The minimum Gasteiger partial charge on any atom is -0.491 e. The van der Waals surface area contributed by atoms with Crippen LogP contribution in [0.25, 0.3) is 0 Å². The highest BCUT2D eigenvalue weighted by molar-refractivity contribution is 5.76. The number of carbonyl (C=O) groups excluding carboxylic acids is 1. The number of rotatable bonds is 8. The molecule has 3 rings (SSSR count). The van der Waals surface area contributed by atoms with Crippen LogP contribution in [-0.2, 0) is 19.0 Å². The highest BCUT2D eigenvalue weighted by Gasteiger charge is 2.53. The van der Waals surface area contributed by atoms with Crippen LogP contribution in [0.5, 0.6) is 0 Å². The summed E-state index contributed by atoms with van der Waals surface area (Å²) in [5.41, 5.74) is 22.1. The Hall–Kier alpha value is -2.04. The van der Waals surface area contributed by atoms with E-state index >= 15 is 0 Å².